The van der Waals surface area contributed by atoms with Gasteiger partial charge in [-0.25, -0.2) is 13.2 Å². The zero-order valence-electron chi connectivity index (χ0n) is 12.0. The molecule has 0 saturated heterocycles. The van der Waals surface area contributed by atoms with Crippen molar-refractivity contribution in [1.82, 2.24) is 24.5 Å². The molecule has 3 heterocycles. The number of aromatic nitrogens is 5. The highest BCUT2D eigenvalue weighted by Crippen LogP contribution is 2.17. The van der Waals surface area contributed by atoms with E-state index in [1.807, 2.05) is 0 Å². The van der Waals surface area contributed by atoms with Gasteiger partial charge in [-0.2, -0.15) is 9.97 Å². The molecule has 0 atom stereocenters. The first-order valence-electron chi connectivity index (χ1n) is 6.46. The summed E-state index contributed by atoms with van der Waals surface area (Å²) in [5.74, 6) is -0.216. The van der Waals surface area contributed by atoms with Gasteiger partial charge in [0, 0.05) is 12.4 Å². The van der Waals surface area contributed by atoms with Crippen molar-refractivity contribution in [3.05, 3.63) is 40.6 Å². The Balaban J connectivity index is 2.14. The summed E-state index contributed by atoms with van der Waals surface area (Å²) in [6, 6.07) is 3.51. The maximum Gasteiger partial charge on any atom is 0.328 e. The number of fused-ring (bicyclic) bond motifs is 1. The maximum atomic E-state index is 12.1. The Bertz CT molecular complexity index is 1020. The first-order valence-corrected chi connectivity index (χ1v) is 8.35. The molecule has 0 saturated carbocycles. The van der Waals surface area contributed by atoms with Gasteiger partial charge >= 0.3 is 5.69 Å². The number of H-pyrrole nitrogens is 1. The van der Waals surface area contributed by atoms with E-state index in [2.05, 4.69) is 24.7 Å². The number of anilines is 2. The predicted octanol–water partition coefficient (Wildman–Crippen LogP) is -0.483. The van der Waals surface area contributed by atoms with Crippen molar-refractivity contribution in [1.29, 1.82) is 0 Å². The van der Waals surface area contributed by atoms with Gasteiger partial charge in [-0.1, -0.05) is 0 Å². The molecule has 0 spiro atoms. The third-order valence-corrected chi connectivity index (χ3v) is 3.57. The summed E-state index contributed by atoms with van der Waals surface area (Å²) in [6.07, 6.45) is 4.18. The summed E-state index contributed by atoms with van der Waals surface area (Å²) in [6.45, 7) is 0.232. The van der Waals surface area contributed by atoms with E-state index in [1.54, 1.807) is 24.5 Å². The van der Waals surface area contributed by atoms with E-state index in [-0.39, 0.29) is 29.5 Å². The molecule has 10 nitrogen and oxygen atoms in total. The Morgan fingerprint density at radius 3 is 2.65 bits per heavy atom. The molecule has 0 aliphatic heterocycles. The normalized spacial score (nSPS) is 11.7. The van der Waals surface area contributed by atoms with Gasteiger partial charge in [0.1, 0.15) is 5.52 Å². The minimum absolute atomic E-state index is 0.0215. The van der Waals surface area contributed by atoms with Crippen LogP contribution in [0, 0.1) is 0 Å². The fourth-order valence-corrected chi connectivity index (χ4v) is 2.50. The Kier molecular flexibility index (Phi) is 3.48. The quantitative estimate of drug-likeness (QED) is 0.582. The molecule has 3 rings (SSSR count). The van der Waals surface area contributed by atoms with Crippen molar-refractivity contribution in [2.75, 3.05) is 16.7 Å². The molecule has 4 N–H and O–H groups in total. The summed E-state index contributed by atoms with van der Waals surface area (Å²) in [7, 11) is -3.56. The molecule has 0 fully saturated rings. The van der Waals surface area contributed by atoms with Crippen LogP contribution in [0.25, 0.3) is 11.2 Å². The van der Waals surface area contributed by atoms with Crippen molar-refractivity contribution >= 4 is 33.0 Å². The van der Waals surface area contributed by atoms with Gasteiger partial charge in [-0.15, -0.1) is 0 Å². The SMILES string of the molecule is CS(=O)(=O)Nc1nc(N)c2[nH]c(=O)n(Cc3ccncc3)c2n1. The van der Waals surface area contributed by atoms with E-state index in [4.69, 9.17) is 5.73 Å². The molecule has 0 amide bonds. The number of sulfonamides is 1. The largest absolute Gasteiger partial charge is 0.382 e. The summed E-state index contributed by atoms with van der Waals surface area (Å²) < 4.78 is 26.1. The summed E-state index contributed by atoms with van der Waals surface area (Å²) in [5, 5.41) is 0. The van der Waals surface area contributed by atoms with Crippen molar-refractivity contribution in [2.45, 2.75) is 6.54 Å². The molecule has 0 aliphatic carbocycles. The molecule has 3 aromatic heterocycles. The molecule has 23 heavy (non-hydrogen) atoms. The number of pyridine rings is 1. The number of imidazole rings is 1. The van der Waals surface area contributed by atoms with Crippen LogP contribution in [-0.4, -0.2) is 39.2 Å². The highest BCUT2D eigenvalue weighted by molar-refractivity contribution is 7.91. The lowest BCUT2D eigenvalue weighted by Gasteiger charge is -2.06. The Morgan fingerprint density at radius 1 is 1.30 bits per heavy atom. The van der Waals surface area contributed by atoms with Crippen LogP contribution in [0.4, 0.5) is 11.8 Å². The molecule has 0 aliphatic rings. The molecule has 0 bridgehead atoms. The third-order valence-electron chi connectivity index (χ3n) is 3.02. The second kappa shape index (κ2) is 5.35. The van der Waals surface area contributed by atoms with Gasteiger partial charge < -0.3 is 10.7 Å². The van der Waals surface area contributed by atoms with Gasteiger partial charge in [0.05, 0.1) is 12.8 Å². The van der Waals surface area contributed by atoms with Crippen LogP contribution in [0.3, 0.4) is 0 Å². The molecule has 11 heteroatoms. The topological polar surface area (TPSA) is 149 Å². The molecule has 0 unspecified atom stereocenters. The lowest BCUT2D eigenvalue weighted by Crippen LogP contribution is -2.18. The van der Waals surface area contributed by atoms with Gasteiger partial charge in [0.25, 0.3) is 0 Å². The van der Waals surface area contributed by atoms with Crippen LogP contribution in [0.1, 0.15) is 5.56 Å². The summed E-state index contributed by atoms with van der Waals surface area (Å²) in [5.41, 5.74) is 6.65. The van der Waals surface area contributed by atoms with E-state index in [0.717, 1.165) is 11.8 Å². The smallest absolute Gasteiger partial charge is 0.328 e. The average Bonchev–Trinajstić information content (AvgIpc) is 2.76. The van der Waals surface area contributed by atoms with E-state index >= 15 is 0 Å². The fourth-order valence-electron chi connectivity index (χ4n) is 2.08. The number of nitrogens with zero attached hydrogens (tertiary/aromatic N) is 4. The number of nitrogen functional groups attached to an aromatic ring is 1. The van der Waals surface area contributed by atoms with Crippen molar-refractivity contribution in [3.63, 3.8) is 0 Å². The molecule has 0 aromatic carbocycles. The van der Waals surface area contributed by atoms with Crippen molar-refractivity contribution < 1.29 is 8.42 Å². The molecule has 120 valence electrons. The summed E-state index contributed by atoms with van der Waals surface area (Å²) in [4.78, 5) is 26.5. The minimum atomic E-state index is -3.56. The van der Waals surface area contributed by atoms with Gasteiger partial charge in [0.15, 0.2) is 11.5 Å². The lowest BCUT2D eigenvalue weighted by atomic mass is 10.3. The number of nitrogens with one attached hydrogen (secondary N) is 2. The van der Waals surface area contributed by atoms with E-state index in [0.29, 0.717) is 0 Å². The fraction of sp³-hybridized carbons (Fsp3) is 0.167. The highest BCUT2D eigenvalue weighted by atomic mass is 32.2. The first kappa shape index (κ1) is 15.0. The molecular formula is C12H13N7O3S. The van der Waals surface area contributed by atoms with Crippen molar-refractivity contribution in [2.24, 2.45) is 0 Å². The zero-order valence-corrected chi connectivity index (χ0v) is 12.8. The minimum Gasteiger partial charge on any atom is -0.382 e. The van der Waals surface area contributed by atoms with E-state index in [1.165, 1.54) is 4.57 Å². The standard InChI is InChI=1S/C12H13N7O3S/c1-23(21,22)18-11-16-9(13)8-10(17-11)19(12(20)15-8)6-7-2-4-14-5-3-7/h2-5H,6H2,1H3,(H,15,20)(H3,13,16,17,18). The van der Waals surface area contributed by atoms with Crippen molar-refractivity contribution in [3.8, 4) is 0 Å². The van der Waals surface area contributed by atoms with E-state index in [9.17, 15) is 13.2 Å². The average molecular weight is 335 g/mol. The number of hydrogen-bond donors (Lipinski definition) is 3. The molecular weight excluding hydrogens is 322 g/mol. The van der Waals surface area contributed by atoms with Crippen LogP contribution < -0.4 is 16.1 Å². The van der Waals surface area contributed by atoms with Crippen LogP contribution >= 0.6 is 0 Å². The molecule has 0 radical (unpaired) electrons. The van der Waals surface area contributed by atoms with Gasteiger partial charge in [0.2, 0.25) is 16.0 Å². The maximum absolute atomic E-state index is 12.1. The Morgan fingerprint density at radius 2 is 2.00 bits per heavy atom. The van der Waals surface area contributed by atoms with Crippen LogP contribution in [0.2, 0.25) is 0 Å². The second-order valence-corrected chi connectivity index (χ2v) is 6.63. The van der Waals surface area contributed by atoms with Crippen LogP contribution in [0.15, 0.2) is 29.3 Å². The molecule has 3 aromatic rings. The Labute approximate surface area is 130 Å². The van der Waals surface area contributed by atoms with Gasteiger partial charge in [-0.05, 0) is 17.7 Å². The van der Waals surface area contributed by atoms with Crippen LogP contribution in [-0.2, 0) is 16.6 Å². The number of aromatic amines is 1. The Hall–Kier alpha value is -2.95. The number of rotatable bonds is 4. The highest BCUT2D eigenvalue weighted by Gasteiger charge is 2.15. The summed E-state index contributed by atoms with van der Waals surface area (Å²) >= 11 is 0. The predicted molar refractivity (Wildman–Crippen MR) is 84.4 cm³/mol. The first-order chi connectivity index (χ1) is 10.8. The van der Waals surface area contributed by atoms with Crippen LogP contribution in [0.5, 0.6) is 0 Å². The van der Waals surface area contributed by atoms with E-state index < -0.39 is 15.7 Å². The number of nitrogens with two attached hydrogens (primary N) is 1. The zero-order chi connectivity index (χ0) is 16.6. The monoisotopic (exact) mass is 335 g/mol. The lowest BCUT2D eigenvalue weighted by molar-refractivity contribution is 0.606. The third kappa shape index (κ3) is 3.13. The number of hydrogen-bond acceptors (Lipinski definition) is 7. The van der Waals surface area contributed by atoms with Gasteiger partial charge in [-0.3, -0.25) is 14.3 Å². The second-order valence-electron chi connectivity index (χ2n) is 4.88.